The number of carbonyl (C=O) groups excluding carboxylic acids is 1. The average molecular weight is 337 g/mol. The fraction of sp³-hybridized carbons (Fsp3) is 0.333. The lowest BCUT2D eigenvalue weighted by Gasteiger charge is -2.11. The van der Waals surface area contributed by atoms with Gasteiger partial charge in [0.2, 0.25) is 0 Å². The fourth-order valence-corrected chi connectivity index (χ4v) is 2.59. The summed E-state index contributed by atoms with van der Waals surface area (Å²) in [6, 6.07) is 6.46. The maximum absolute atomic E-state index is 13.7. The highest BCUT2D eigenvalue weighted by atomic mass is 79.9. The Bertz CT molecular complexity index is 586. The van der Waals surface area contributed by atoms with Gasteiger partial charge in [0.25, 0.3) is 5.91 Å². The van der Waals surface area contributed by atoms with Gasteiger partial charge in [-0.15, -0.1) is 0 Å². The number of benzene rings is 1. The van der Waals surface area contributed by atoms with E-state index >= 15 is 0 Å². The molecule has 0 spiro atoms. The minimum Gasteiger partial charge on any atom is -0.349 e. The van der Waals surface area contributed by atoms with Gasteiger partial charge in [-0.25, -0.2) is 4.39 Å². The molecule has 1 fully saturated rings. The van der Waals surface area contributed by atoms with Crippen molar-refractivity contribution in [1.82, 2.24) is 5.32 Å². The molecule has 2 rings (SSSR count). The number of carbonyl (C=O) groups is 1. The average Bonchev–Trinajstić information content (AvgIpc) is 2.90. The third-order valence-electron chi connectivity index (χ3n) is 3.32. The van der Waals surface area contributed by atoms with Crippen LogP contribution < -0.4 is 5.32 Å². The molecule has 1 amide bonds. The van der Waals surface area contributed by atoms with Crippen LogP contribution in [-0.2, 0) is 4.79 Å². The van der Waals surface area contributed by atoms with Crippen LogP contribution >= 0.6 is 15.9 Å². The van der Waals surface area contributed by atoms with Crippen molar-refractivity contribution in [2.24, 2.45) is 0 Å². The molecule has 5 heteroatoms. The highest BCUT2D eigenvalue weighted by molar-refractivity contribution is 9.10. The van der Waals surface area contributed by atoms with Crippen molar-refractivity contribution in [3.05, 3.63) is 39.6 Å². The molecule has 1 aliphatic carbocycles. The highest BCUT2D eigenvalue weighted by Gasteiger charge is 2.19. The van der Waals surface area contributed by atoms with E-state index in [2.05, 4.69) is 21.2 Å². The van der Waals surface area contributed by atoms with Crippen molar-refractivity contribution in [1.29, 1.82) is 5.26 Å². The van der Waals surface area contributed by atoms with E-state index in [9.17, 15) is 9.18 Å². The standard InChI is InChI=1S/C15H14BrFN2O/c16-12-6-5-10(14(17)8-12)7-11(9-18)15(20)19-13-3-1-2-4-13/h5-8,13H,1-4H2,(H,19,20)/b11-7+. The van der Waals surface area contributed by atoms with Crippen LogP contribution in [0.25, 0.3) is 6.08 Å². The normalized spacial score (nSPS) is 15.9. The minimum absolute atomic E-state index is 0.0712. The molecule has 0 aromatic heterocycles. The summed E-state index contributed by atoms with van der Waals surface area (Å²) in [5, 5.41) is 11.9. The Hall–Kier alpha value is -1.67. The number of rotatable bonds is 3. The van der Waals surface area contributed by atoms with Crippen LogP contribution in [0.5, 0.6) is 0 Å². The molecular formula is C15H14BrFN2O. The molecule has 104 valence electrons. The number of hydrogen-bond donors (Lipinski definition) is 1. The minimum atomic E-state index is -0.471. The van der Waals surface area contributed by atoms with E-state index in [1.165, 1.54) is 18.2 Å². The molecule has 0 bridgehead atoms. The Labute approximate surface area is 125 Å². The molecule has 1 aliphatic rings. The largest absolute Gasteiger partial charge is 0.349 e. The van der Waals surface area contributed by atoms with Crippen molar-refractivity contribution in [3.8, 4) is 6.07 Å². The lowest BCUT2D eigenvalue weighted by molar-refractivity contribution is -0.117. The van der Waals surface area contributed by atoms with Crippen molar-refractivity contribution in [2.75, 3.05) is 0 Å². The second kappa shape index (κ2) is 6.67. The van der Waals surface area contributed by atoms with Crippen molar-refractivity contribution < 1.29 is 9.18 Å². The molecule has 20 heavy (non-hydrogen) atoms. The van der Waals surface area contributed by atoms with Gasteiger partial charge < -0.3 is 5.32 Å². The Kier molecular flexibility index (Phi) is 4.91. The predicted molar refractivity (Wildman–Crippen MR) is 78.1 cm³/mol. The summed E-state index contributed by atoms with van der Waals surface area (Å²) in [5.74, 6) is -0.900. The molecule has 1 saturated carbocycles. The zero-order chi connectivity index (χ0) is 14.5. The van der Waals surface area contributed by atoms with E-state index in [4.69, 9.17) is 5.26 Å². The Morgan fingerprint density at radius 2 is 2.15 bits per heavy atom. The van der Waals surface area contributed by atoms with Gasteiger partial charge in [0.15, 0.2) is 0 Å². The van der Waals surface area contributed by atoms with Crippen LogP contribution in [0, 0.1) is 17.1 Å². The van der Waals surface area contributed by atoms with E-state index in [1.54, 1.807) is 6.07 Å². The van der Waals surface area contributed by atoms with Gasteiger partial charge in [0.1, 0.15) is 17.5 Å². The maximum atomic E-state index is 13.7. The summed E-state index contributed by atoms with van der Waals surface area (Å²) in [4.78, 5) is 12.0. The van der Waals surface area contributed by atoms with Gasteiger partial charge >= 0.3 is 0 Å². The monoisotopic (exact) mass is 336 g/mol. The van der Waals surface area contributed by atoms with Gasteiger partial charge in [0, 0.05) is 16.1 Å². The van der Waals surface area contributed by atoms with Crippen molar-refractivity contribution in [3.63, 3.8) is 0 Å². The molecule has 0 radical (unpaired) electrons. The van der Waals surface area contributed by atoms with E-state index in [0.29, 0.717) is 4.47 Å². The third kappa shape index (κ3) is 3.67. The van der Waals surface area contributed by atoms with E-state index in [-0.39, 0.29) is 17.2 Å². The Morgan fingerprint density at radius 3 is 2.75 bits per heavy atom. The summed E-state index contributed by atoms with van der Waals surface area (Å²) >= 11 is 3.16. The Balaban J connectivity index is 2.16. The van der Waals surface area contributed by atoms with Crippen LogP contribution in [0.2, 0.25) is 0 Å². The van der Waals surface area contributed by atoms with Crippen molar-refractivity contribution in [2.45, 2.75) is 31.7 Å². The van der Waals surface area contributed by atoms with Crippen LogP contribution in [-0.4, -0.2) is 11.9 Å². The quantitative estimate of drug-likeness (QED) is 0.677. The first-order chi connectivity index (χ1) is 9.60. The number of nitrogens with one attached hydrogen (secondary N) is 1. The van der Waals surface area contributed by atoms with Gasteiger partial charge in [-0.3, -0.25) is 4.79 Å². The molecule has 1 N–H and O–H groups in total. The first-order valence-corrected chi connectivity index (χ1v) is 7.27. The molecule has 0 aliphatic heterocycles. The molecule has 0 atom stereocenters. The van der Waals surface area contributed by atoms with Crippen LogP contribution in [0.15, 0.2) is 28.2 Å². The molecule has 1 aromatic carbocycles. The van der Waals surface area contributed by atoms with Crippen molar-refractivity contribution >= 4 is 27.9 Å². The van der Waals surface area contributed by atoms with Gasteiger partial charge in [-0.1, -0.05) is 34.8 Å². The van der Waals surface area contributed by atoms with Crippen LogP contribution in [0.1, 0.15) is 31.2 Å². The summed E-state index contributed by atoms with van der Waals surface area (Å²) in [7, 11) is 0. The Morgan fingerprint density at radius 1 is 1.45 bits per heavy atom. The first kappa shape index (κ1) is 14.7. The second-order valence-electron chi connectivity index (χ2n) is 4.79. The zero-order valence-electron chi connectivity index (χ0n) is 10.8. The smallest absolute Gasteiger partial charge is 0.262 e. The number of nitrogens with zero attached hydrogens (tertiary/aromatic N) is 1. The summed E-state index contributed by atoms with van der Waals surface area (Å²) < 4.78 is 14.3. The highest BCUT2D eigenvalue weighted by Crippen LogP contribution is 2.20. The summed E-state index contributed by atoms with van der Waals surface area (Å²) in [5.41, 5.74) is 0.157. The SMILES string of the molecule is N#C/C(=C\c1ccc(Br)cc1F)C(=O)NC1CCCC1. The molecule has 0 unspecified atom stereocenters. The topological polar surface area (TPSA) is 52.9 Å². The lowest BCUT2D eigenvalue weighted by atomic mass is 10.1. The van der Waals surface area contributed by atoms with E-state index < -0.39 is 11.7 Å². The molecule has 1 aromatic rings. The summed E-state index contributed by atoms with van der Waals surface area (Å²) in [6.45, 7) is 0. The van der Waals surface area contributed by atoms with E-state index in [0.717, 1.165) is 25.7 Å². The third-order valence-corrected chi connectivity index (χ3v) is 3.81. The fourth-order valence-electron chi connectivity index (χ4n) is 2.26. The molecular weight excluding hydrogens is 323 g/mol. The first-order valence-electron chi connectivity index (χ1n) is 6.48. The maximum Gasteiger partial charge on any atom is 0.262 e. The van der Waals surface area contributed by atoms with Crippen LogP contribution in [0.3, 0.4) is 0 Å². The zero-order valence-corrected chi connectivity index (χ0v) is 12.4. The van der Waals surface area contributed by atoms with E-state index in [1.807, 2.05) is 6.07 Å². The van der Waals surface area contributed by atoms with Gasteiger partial charge in [-0.05, 0) is 31.1 Å². The second-order valence-corrected chi connectivity index (χ2v) is 5.71. The molecule has 3 nitrogen and oxygen atoms in total. The lowest BCUT2D eigenvalue weighted by Crippen LogP contribution is -2.33. The number of amides is 1. The predicted octanol–water partition coefficient (Wildman–Crippen LogP) is 3.55. The summed E-state index contributed by atoms with van der Waals surface area (Å²) in [6.07, 6.45) is 5.36. The van der Waals surface area contributed by atoms with Gasteiger partial charge in [-0.2, -0.15) is 5.26 Å². The van der Waals surface area contributed by atoms with Crippen LogP contribution in [0.4, 0.5) is 4.39 Å². The molecule has 0 heterocycles. The number of hydrogen-bond acceptors (Lipinski definition) is 2. The number of halogens is 2. The number of nitriles is 1. The molecule has 0 saturated heterocycles. The van der Waals surface area contributed by atoms with Gasteiger partial charge in [0.05, 0.1) is 0 Å².